The summed E-state index contributed by atoms with van der Waals surface area (Å²) >= 11 is 1.72. The van der Waals surface area contributed by atoms with Crippen LogP contribution in [0.5, 0.6) is 0 Å². The zero-order chi connectivity index (χ0) is 16.2. The van der Waals surface area contributed by atoms with Crippen molar-refractivity contribution in [1.29, 1.82) is 0 Å². The van der Waals surface area contributed by atoms with Crippen molar-refractivity contribution in [2.45, 2.75) is 8.68 Å². The first kappa shape index (κ1) is 14.6. The third kappa shape index (κ3) is 2.23. The Morgan fingerprint density at radius 1 is 0.783 bits per heavy atom. The molecule has 0 atom stereocenters. The Balaban J connectivity index is 1.94. The second kappa shape index (κ2) is 5.02. The highest BCUT2D eigenvalue weighted by Crippen LogP contribution is 2.34. The van der Waals surface area contributed by atoms with Gasteiger partial charge in [0.2, 0.25) is 8.68 Å². The molecule has 116 valence electrons. The van der Waals surface area contributed by atoms with E-state index in [2.05, 4.69) is 9.97 Å². The van der Waals surface area contributed by atoms with E-state index in [9.17, 15) is 17.2 Å². The lowest BCUT2D eigenvalue weighted by atomic mass is 10.3. The minimum Gasteiger partial charge on any atom is -0.222 e. The molecule has 2 aromatic carbocycles. The van der Waals surface area contributed by atoms with E-state index in [0.29, 0.717) is 9.40 Å². The van der Waals surface area contributed by atoms with Crippen LogP contribution in [-0.2, 0) is 9.84 Å². The van der Waals surface area contributed by atoms with Gasteiger partial charge in [0.15, 0.2) is 0 Å². The number of sulfone groups is 1. The van der Waals surface area contributed by atoms with E-state index in [0.717, 1.165) is 22.7 Å². The van der Waals surface area contributed by atoms with Crippen LogP contribution in [0.15, 0.2) is 45.1 Å². The summed E-state index contributed by atoms with van der Waals surface area (Å²) in [6.07, 6.45) is 0. The molecule has 0 N–H and O–H groups in total. The lowest BCUT2D eigenvalue weighted by Gasteiger charge is -1.93. The molecule has 4 nitrogen and oxygen atoms in total. The zero-order valence-corrected chi connectivity index (χ0v) is 13.6. The number of halogens is 2. The van der Waals surface area contributed by atoms with Crippen molar-refractivity contribution in [1.82, 2.24) is 9.97 Å². The summed E-state index contributed by atoms with van der Waals surface area (Å²) in [7, 11) is -4.01. The maximum Gasteiger partial charge on any atom is 0.260 e. The molecule has 0 spiro atoms. The van der Waals surface area contributed by atoms with Crippen molar-refractivity contribution < 1.29 is 17.2 Å². The van der Waals surface area contributed by atoms with Crippen LogP contribution >= 0.6 is 22.7 Å². The molecule has 0 aliphatic carbocycles. The fourth-order valence-electron chi connectivity index (χ4n) is 2.09. The number of aromatic nitrogens is 2. The molecule has 4 aromatic rings. The smallest absolute Gasteiger partial charge is 0.222 e. The predicted octanol–water partition coefficient (Wildman–Crippen LogP) is 4.02. The Bertz CT molecular complexity index is 1080. The predicted molar refractivity (Wildman–Crippen MR) is 84.6 cm³/mol. The first-order chi connectivity index (χ1) is 11.0. The van der Waals surface area contributed by atoms with Gasteiger partial charge < -0.3 is 0 Å². The fourth-order valence-corrected chi connectivity index (χ4v) is 6.14. The van der Waals surface area contributed by atoms with Crippen LogP contribution in [0.3, 0.4) is 0 Å². The molecule has 0 fully saturated rings. The van der Waals surface area contributed by atoms with Crippen LogP contribution in [0.2, 0.25) is 0 Å². The maximum atomic E-state index is 13.7. The Morgan fingerprint density at radius 3 is 1.61 bits per heavy atom. The normalized spacial score (nSPS) is 12.3. The number of thiazole rings is 2. The number of hydrogen-bond acceptors (Lipinski definition) is 6. The molecule has 0 bridgehead atoms. The number of rotatable bonds is 2. The van der Waals surface area contributed by atoms with Crippen LogP contribution in [0, 0.1) is 11.6 Å². The van der Waals surface area contributed by atoms with Crippen molar-refractivity contribution in [3.05, 3.63) is 48.0 Å². The average Bonchev–Trinajstić information content (AvgIpc) is 3.13. The molecule has 0 saturated heterocycles. The van der Waals surface area contributed by atoms with Crippen molar-refractivity contribution in [2.75, 3.05) is 0 Å². The summed E-state index contributed by atoms with van der Waals surface area (Å²) in [4.78, 5) is 7.76. The van der Waals surface area contributed by atoms with E-state index in [1.807, 2.05) is 0 Å². The summed E-state index contributed by atoms with van der Waals surface area (Å²) in [6, 6.07) is 8.58. The first-order valence-corrected chi connectivity index (χ1v) is 9.43. The van der Waals surface area contributed by atoms with Gasteiger partial charge in [-0.05, 0) is 24.3 Å². The Morgan fingerprint density at radius 2 is 1.22 bits per heavy atom. The standard InChI is InChI=1S/C14H6F2N2O2S3/c15-7-3-1-5-9-11(7)17-13(21-9)23(19,20)14-18-12-8(16)4-2-6-10(12)22-14/h1-6H. The summed E-state index contributed by atoms with van der Waals surface area (Å²) in [5, 5.41) is 0. The molecule has 0 aliphatic heterocycles. The summed E-state index contributed by atoms with van der Waals surface area (Å²) in [6.45, 7) is 0. The monoisotopic (exact) mass is 368 g/mol. The number of benzene rings is 2. The minimum atomic E-state index is -4.01. The lowest BCUT2D eigenvalue weighted by molar-refractivity contribution is 0.594. The molecule has 0 aliphatic rings. The minimum absolute atomic E-state index is 0.00312. The van der Waals surface area contributed by atoms with Gasteiger partial charge in [-0.3, -0.25) is 0 Å². The summed E-state index contributed by atoms with van der Waals surface area (Å²) < 4.78 is 53.0. The first-order valence-electron chi connectivity index (χ1n) is 6.32. The van der Waals surface area contributed by atoms with Crippen LogP contribution < -0.4 is 0 Å². The van der Waals surface area contributed by atoms with E-state index in [-0.39, 0.29) is 19.7 Å². The van der Waals surface area contributed by atoms with Crippen molar-refractivity contribution in [3.63, 3.8) is 0 Å². The molecular weight excluding hydrogens is 362 g/mol. The second-order valence-corrected chi connectivity index (χ2v) is 8.99. The van der Waals surface area contributed by atoms with Gasteiger partial charge in [-0.25, -0.2) is 27.2 Å². The summed E-state index contributed by atoms with van der Waals surface area (Å²) in [5.41, 5.74) is 0.00623. The molecule has 4 rings (SSSR count). The number of nitrogens with zero attached hydrogens (tertiary/aromatic N) is 2. The van der Waals surface area contributed by atoms with Gasteiger partial charge in [-0.1, -0.05) is 12.1 Å². The van der Waals surface area contributed by atoms with Gasteiger partial charge >= 0.3 is 0 Å². The third-order valence-corrected chi connectivity index (χ3v) is 7.71. The lowest BCUT2D eigenvalue weighted by Crippen LogP contribution is -2.00. The van der Waals surface area contributed by atoms with Gasteiger partial charge in [0, 0.05) is 0 Å². The van der Waals surface area contributed by atoms with E-state index < -0.39 is 21.5 Å². The quantitative estimate of drug-likeness (QED) is 0.536. The molecule has 9 heteroatoms. The van der Waals surface area contributed by atoms with Crippen LogP contribution in [0.4, 0.5) is 8.78 Å². The Kier molecular flexibility index (Phi) is 3.19. The van der Waals surface area contributed by atoms with Crippen molar-refractivity contribution in [2.24, 2.45) is 0 Å². The molecule has 23 heavy (non-hydrogen) atoms. The molecule has 2 aromatic heterocycles. The Labute approximate surface area is 137 Å². The largest absolute Gasteiger partial charge is 0.260 e. The van der Waals surface area contributed by atoms with Gasteiger partial charge in [-0.2, -0.15) is 0 Å². The third-order valence-electron chi connectivity index (χ3n) is 3.16. The highest BCUT2D eigenvalue weighted by molar-refractivity contribution is 7.95. The number of fused-ring (bicyclic) bond motifs is 2. The van der Waals surface area contributed by atoms with Gasteiger partial charge in [0.1, 0.15) is 22.7 Å². The molecule has 0 unspecified atom stereocenters. The van der Waals surface area contributed by atoms with Crippen LogP contribution in [0.1, 0.15) is 0 Å². The van der Waals surface area contributed by atoms with Crippen LogP contribution in [0.25, 0.3) is 20.4 Å². The zero-order valence-electron chi connectivity index (χ0n) is 11.2. The average molecular weight is 368 g/mol. The molecular formula is C14H6F2N2O2S3. The number of hydrogen-bond donors (Lipinski definition) is 0. The van der Waals surface area contributed by atoms with Crippen molar-refractivity contribution >= 4 is 52.9 Å². The highest BCUT2D eigenvalue weighted by atomic mass is 32.3. The van der Waals surface area contributed by atoms with E-state index in [1.165, 1.54) is 24.3 Å². The van der Waals surface area contributed by atoms with Crippen molar-refractivity contribution in [3.8, 4) is 0 Å². The SMILES string of the molecule is O=S(=O)(c1nc2c(F)cccc2s1)c1nc2c(F)cccc2s1. The van der Waals surface area contributed by atoms with Gasteiger partial charge in [0.25, 0.3) is 9.84 Å². The van der Waals surface area contributed by atoms with Crippen LogP contribution in [-0.4, -0.2) is 18.4 Å². The fraction of sp³-hybridized carbons (Fsp3) is 0. The van der Waals surface area contributed by atoms with E-state index >= 15 is 0 Å². The molecule has 0 amide bonds. The number of para-hydroxylation sites is 2. The van der Waals surface area contributed by atoms with Gasteiger partial charge in [0.05, 0.1) is 9.40 Å². The molecule has 0 saturated carbocycles. The molecule has 0 radical (unpaired) electrons. The van der Waals surface area contributed by atoms with E-state index in [4.69, 9.17) is 0 Å². The second-order valence-electron chi connectivity index (χ2n) is 4.64. The summed E-state index contributed by atoms with van der Waals surface area (Å²) in [5.74, 6) is -1.17. The van der Waals surface area contributed by atoms with Gasteiger partial charge in [-0.15, -0.1) is 22.7 Å². The molecule has 2 heterocycles. The topological polar surface area (TPSA) is 59.9 Å². The Hall–Kier alpha value is -1.97. The van der Waals surface area contributed by atoms with E-state index in [1.54, 1.807) is 12.1 Å². The maximum absolute atomic E-state index is 13.7. The highest BCUT2D eigenvalue weighted by Gasteiger charge is 2.27.